The molecule has 0 heterocycles. The van der Waals surface area contributed by atoms with Gasteiger partial charge < -0.3 is 0 Å². The summed E-state index contributed by atoms with van der Waals surface area (Å²) in [5.41, 5.74) is 1.12. The maximum absolute atomic E-state index is 12.9. The monoisotopic (exact) mass is 194 g/mol. The van der Waals surface area contributed by atoms with Gasteiger partial charge in [-0.1, -0.05) is 39.3 Å². The van der Waals surface area contributed by atoms with Crippen LogP contribution >= 0.6 is 0 Å². The van der Waals surface area contributed by atoms with Gasteiger partial charge >= 0.3 is 0 Å². The summed E-state index contributed by atoms with van der Waals surface area (Å²) in [6.45, 7) is 6.61. The lowest BCUT2D eigenvalue weighted by atomic mass is 9.90. The molecular weight excluding hydrogens is 175 g/mol. The fourth-order valence-corrected chi connectivity index (χ4v) is 1.72. The minimum absolute atomic E-state index is 0.126. The van der Waals surface area contributed by atoms with Gasteiger partial charge in [-0.15, -0.1) is 0 Å². The van der Waals surface area contributed by atoms with Gasteiger partial charge in [-0.25, -0.2) is 4.39 Å². The third-order valence-electron chi connectivity index (χ3n) is 2.87. The molecule has 0 radical (unpaired) electrons. The van der Waals surface area contributed by atoms with E-state index in [0.29, 0.717) is 11.8 Å². The molecule has 0 aliphatic rings. The van der Waals surface area contributed by atoms with Crippen LogP contribution in [0.3, 0.4) is 0 Å². The van der Waals surface area contributed by atoms with Crippen molar-refractivity contribution in [2.24, 2.45) is 5.92 Å². The molecule has 0 nitrogen and oxygen atoms in total. The summed E-state index contributed by atoms with van der Waals surface area (Å²) in [5.74, 6) is 1.05. The molecule has 0 N–H and O–H groups in total. The van der Waals surface area contributed by atoms with Gasteiger partial charge in [0.2, 0.25) is 0 Å². The lowest BCUT2D eigenvalue weighted by Gasteiger charge is -2.16. The molecule has 0 saturated heterocycles. The normalized spacial score (nSPS) is 15.1. The van der Waals surface area contributed by atoms with Gasteiger partial charge in [0.25, 0.3) is 0 Å². The SMILES string of the molecule is CCC(C)CC(C)c1cccc(F)c1. The molecular formula is C13H19F. The summed E-state index contributed by atoms with van der Waals surface area (Å²) in [5, 5.41) is 0. The number of hydrogen-bond acceptors (Lipinski definition) is 0. The minimum atomic E-state index is -0.126. The zero-order chi connectivity index (χ0) is 10.6. The molecule has 2 atom stereocenters. The zero-order valence-electron chi connectivity index (χ0n) is 9.26. The number of halogens is 1. The van der Waals surface area contributed by atoms with Gasteiger partial charge in [0.15, 0.2) is 0 Å². The Morgan fingerprint density at radius 1 is 1.29 bits per heavy atom. The van der Waals surface area contributed by atoms with Crippen molar-refractivity contribution in [3.63, 3.8) is 0 Å². The van der Waals surface area contributed by atoms with Gasteiger partial charge in [-0.05, 0) is 36.0 Å². The van der Waals surface area contributed by atoms with Crippen molar-refractivity contribution < 1.29 is 4.39 Å². The van der Waals surface area contributed by atoms with E-state index in [4.69, 9.17) is 0 Å². The van der Waals surface area contributed by atoms with Crippen molar-refractivity contribution in [2.75, 3.05) is 0 Å². The summed E-state index contributed by atoms with van der Waals surface area (Å²) >= 11 is 0. The molecule has 1 rings (SSSR count). The van der Waals surface area contributed by atoms with Crippen LogP contribution < -0.4 is 0 Å². The first-order valence-corrected chi connectivity index (χ1v) is 5.39. The molecule has 0 saturated carbocycles. The molecule has 1 aromatic carbocycles. The predicted octanol–water partition coefficient (Wildman–Crippen LogP) is 4.37. The highest BCUT2D eigenvalue weighted by molar-refractivity contribution is 5.19. The molecule has 0 aromatic heterocycles. The molecule has 0 fully saturated rings. The van der Waals surface area contributed by atoms with E-state index in [1.807, 2.05) is 6.07 Å². The predicted molar refractivity (Wildman–Crippen MR) is 58.9 cm³/mol. The first kappa shape index (κ1) is 11.2. The highest BCUT2D eigenvalue weighted by Crippen LogP contribution is 2.24. The van der Waals surface area contributed by atoms with Crippen LogP contribution in [-0.2, 0) is 0 Å². The number of rotatable bonds is 4. The van der Waals surface area contributed by atoms with Crippen LogP contribution in [0.25, 0.3) is 0 Å². The third-order valence-corrected chi connectivity index (χ3v) is 2.87. The second kappa shape index (κ2) is 5.14. The van der Waals surface area contributed by atoms with Crippen LogP contribution in [0.5, 0.6) is 0 Å². The Balaban J connectivity index is 2.64. The van der Waals surface area contributed by atoms with E-state index in [-0.39, 0.29) is 5.82 Å². The third kappa shape index (κ3) is 3.13. The average molecular weight is 194 g/mol. The quantitative estimate of drug-likeness (QED) is 0.667. The van der Waals surface area contributed by atoms with Gasteiger partial charge in [-0.3, -0.25) is 0 Å². The summed E-state index contributed by atoms with van der Waals surface area (Å²) in [6.07, 6.45) is 2.33. The van der Waals surface area contributed by atoms with Gasteiger partial charge in [0, 0.05) is 0 Å². The van der Waals surface area contributed by atoms with Crippen LogP contribution in [0.1, 0.15) is 45.1 Å². The molecule has 1 heteroatoms. The van der Waals surface area contributed by atoms with E-state index in [9.17, 15) is 4.39 Å². The molecule has 78 valence electrons. The Morgan fingerprint density at radius 3 is 2.57 bits per heavy atom. The lowest BCUT2D eigenvalue weighted by Crippen LogP contribution is -2.01. The van der Waals surface area contributed by atoms with E-state index in [0.717, 1.165) is 12.0 Å². The molecule has 2 unspecified atom stereocenters. The Kier molecular flexibility index (Phi) is 4.12. The van der Waals surface area contributed by atoms with E-state index in [1.54, 1.807) is 12.1 Å². The van der Waals surface area contributed by atoms with Crippen LogP contribution in [0.15, 0.2) is 24.3 Å². The van der Waals surface area contributed by atoms with E-state index >= 15 is 0 Å². The number of benzene rings is 1. The standard InChI is InChI=1S/C13H19F/c1-4-10(2)8-11(3)12-6-5-7-13(14)9-12/h5-7,9-11H,4,8H2,1-3H3. The van der Waals surface area contributed by atoms with Gasteiger partial charge in [-0.2, -0.15) is 0 Å². The summed E-state index contributed by atoms with van der Waals surface area (Å²) < 4.78 is 12.9. The maximum Gasteiger partial charge on any atom is 0.123 e. The van der Waals surface area contributed by atoms with Crippen molar-refractivity contribution in [1.29, 1.82) is 0 Å². The average Bonchev–Trinajstić information content (AvgIpc) is 2.17. The smallest absolute Gasteiger partial charge is 0.123 e. The topological polar surface area (TPSA) is 0 Å². The second-order valence-corrected chi connectivity index (χ2v) is 4.21. The largest absolute Gasteiger partial charge is 0.207 e. The Morgan fingerprint density at radius 2 is 2.00 bits per heavy atom. The van der Waals surface area contributed by atoms with Crippen molar-refractivity contribution >= 4 is 0 Å². The van der Waals surface area contributed by atoms with Gasteiger partial charge in [0.05, 0.1) is 0 Å². The van der Waals surface area contributed by atoms with Crippen molar-refractivity contribution in [3.05, 3.63) is 35.6 Å². The molecule has 1 aromatic rings. The van der Waals surface area contributed by atoms with E-state index < -0.39 is 0 Å². The van der Waals surface area contributed by atoms with Crippen LogP contribution in [0.2, 0.25) is 0 Å². The molecule has 0 bridgehead atoms. The van der Waals surface area contributed by atoms with Crippen LogP contribution in [0, 0.1) is 11.7 Å². The Labute approximate surface area is 86.2 Å². The molecule has 14 heavy (non-hydrogen) atoms. The fourth-order valence-electron chi connectivity index (χ4n) is 1.72. The van der Waals surface area contributed by atoms with E-state index in [1.165, 1.54) is 12.5 Å². The van der Waals surface area contributed by atoms with Crippen LogP contribution in [-0.4, -0.2) is 0 Å². The number of hydrogen-bond donors (Lipinski definition) is 0. The summed E-state index contributed by atoms with van der Waals surface area (Å²) in [6, 6.07) is 6.94. The Hall–Kier alpha value is -0.850. The van der Waals surface area contributed by atoms with E-state index in [2.05, 4.69) is 20.8 Å². The van der Waals surface area contributed by atoms with Crippen LogP contribution in [0.4, 0.5) is 4.39 Å². The maximum atomic E-state index is 12.9. The van der Waals surface area contributed by atoms with Crippen molar-refractivity contribution in [1.82, 2.24) is 0 Å². The highest BCUT2D eigenvalue weighted by Gasteiger charge is 2.09. The summed E-state index contributed by atoms with van der Waals surface area (Å²) in [4.78, 5) is 0. The Bertz CT molecular complexity index is 280. The highest BCUT2D eigenvalue weighted by atomic mass is 19.1. The zero-order valence-corrected chi connectivity index (χ0v) is 9.26. The lowest BCUT2D eigenvalue weighted by molar-refractivity contribution is 0.470. The van der Waals surface area contributed by atoms with Crippen molar-refractivity contribution in [3.8, 4) is 0 Å². The molecule has 0 spiro atoms. The van der Waals surface area contributed by atoms with Crippen molar-refractivity contribution in [2.45, 2.75) is 39.5 Å². The second-order valence-electron chi connectivity index (χ2n) is 4.21. The fraction of sp³-hybridized carbons (Fsp3) is 0.538. The van der Waals surface area contributed by atoms with Gasteiger partial charge in [0.1, 0.15) is 5.82 Å². The summed E-state index contributed by atoms with van der Waals surface area (Å²) in [7, 11) is 0. The molecule has 0 aliphatic heterocycles. The first-order chi connectivity index (χ1) is 6.63. The molecule has 0 amide bonds. The molecule has 0 aliphatic carbocycles. The minimum Gasteiger partial charge on any atom is -0.207 e. The first-order valence-electron chi connectivity index (χ1n) is 5.39.